The number of rotatable bonds is 7. The highest BCUT2D eigenvalue weighted by atomic mass is 32.2. The maximum absolute atomic E-state index is 14.6. The third kappa shape index (κ3) is 5.18. The quantitative estimate of drug-likeness (QED) is 0.246. The molecule has 0 spiro atoms. The van der Waals surface area contributed by atoms with Crippen molar-refractivity contribution in [1.82, 2.24) is 4.98 Å². The first-order valence-electron chi connectivity index (χ1n) is 12.1. The Hall–Kier alpha value is -3.48. The average molecular weight is 589 g/mol. The first kappa shape index (κ1) is 29.5. The molecule has 1 N–H and O–H groups in total. The van der Waals surface area contributed by atoms with Crippen molar-refractivity contribution in [2.75, 3.05) is 5.32 Å². The molecular formula is C27H23F7N2O3S. The summed E-state index contributed by atoms with van der Waals surface area (Å²) >= 11 is 0. The Morgan fingerprint density at radius 3 is 2.05 bits per heavy atom. The number of amides is 1. The predicted molar refractivity (Wildman–Crippen MR) is 131 cm³/mol. The number of pyridine rings is 1. The van der Waals surface area contributed by atoms with Gasteiger partial charge in [-0.2, -0.15) is 13.2 Å². The van der Waals surface area contributed by atoms with E-state index in [2.05, 4.69) is 10.3 Å². The molecule has 1 fully saturated rings. The van der Waals surface area contributed by atoms with Crippen LogP contribution in [0.1, 0.15) is 36.8 Å². The SMILES string of the molecule is O=C(Nc1cccnc1)C1CCC(c2ccc(C(F)(C(F)F)C(F)(F)F)cc2)(S(=O)(=O)c2ccc(F)cc2)CC1. The monoisotopic (exact) mass is 588 g/mol. The van der Waals surface area contributed by atoms with Crippen LogP contribution < -0.4 is 5.32 Å². The van der Waals surface area contributed by atoms with Gasteiger partial charge in [0.05, 0.1) is 16.8 Å². The van der Waals surface area contributed by atoms with E-state index < -0.39 is 50.2 Å². The molecule has 0 radical (unpaired) electrons. The Morgan fingerprint density at radius 2 is 1.55 bits per heavy atom. The summed E-state index contributed by atoms with van der Waals surface area (Å²) in [6.45, 7) is 0. The number of nitrogens with one attached hydrogen (secondary N) is 1. The maximum atomic E-state index is 14.6. The van der Waals surface area contributed by atoms with Crippen molar-refractivity contribution in [2.24, 2.45) is 5.92 Å². The highest BCUT2D eigenvalue weighted by Gasteiger charge is 2.64. The minimum Gasteiger partial charge on any atom is -0.324 e. The van der Waals surface area contributed by atoms with Crippen LogP contribution in [0, 0.1) is 11.7 Å². The molecule has 1 aliphatic rings. The van der Waals surface area contributed by atoms with E-state index in [4.69, 9.17) is 0 Å². The fourth-order valence-electron chi connectivity index (χ4n) is 5.01. The number of anilines is 1. The summed E-state index contributed by atoms with van der Waals surface area (Å²) in [6.07, 6.45) is -7.68. The molecule has 1 unspecified atom stereocenters. The average Bonchev–Trinajstić information content (AvgIpc) is 2.92. The Balaban J connectivity index is 1.72. The van der Waals surface area contributed by atoms with Gasteiger partial charge in [-0.25, -0.2) is 26.0 Å². The van der Waals surface area contributed by atoms with Crippen molar-refractivity contribution >= 4 is 21.4 Å². The lowest BCUT2D eigenvalue weighted by Crippen LogP contribution is -2.45. The van der Waals surface area contributed by atoms with E-state index in [9.17, 15) is 43.9 Å². The van der Waals surface area contributed by atoms with Crippen molar-refractivity contribution in [3.63, 3.8) is 0 Å². The Morgan fingerprint density at radius 1 is 0.950 bits per heavy atom. The first-order chi connectivity index (χ1) is 18.7. The highest BCUT2D eigenvalue weighted by Crippen LogP contribution is 2.51. The van der Waals surface area contributed by atoms with Crippen molar-refractivity contribution in [3.8, 4) is 0 Å². The van der Waals surface area contributed by atoms with Crippen LogP contribution in [-0.2, 0) is 25.0 Å². The second kappa shape index (κ2) is 10.8. The van der Waals surface area contributed by atoms with Crippen LogP contribution in [0.2, 0.25) is 0 Å². The molecule has 40 heavy (non-hydrogen) atoms. The maximum Gasteiger partial charge on any atom is 0.432 e. The zero-order chi connectivity index (χ0) is 29.3. The lowest BCUT2D eigenvalue weighted by molar-refractivity contribution is -0.274. The standard InChI is InChI=1S/C27H23F7N2O3S/c28-20-7-9-22(10-8-20)40(38,39)25(13-11-17(12-14-25)23(37)36-21-2-1-15-35-16-21)18-3-5-19(6-4-18)26(31,24(29)30)27(32,33)34/h1-10,15-17,24H,11-14H2,(H,36,37). The number of hydrogen-bond acceptors (Lipinski definition) is 4. The number of benzene rings is 2. The largest absolute Gasteiger partial charge is 0.432 e. The fraction of sp³-hybridized carbons (Fsp3) is 0.333. The molecule has 0 bridgehead atoms. The molecule has 1 heterocycles. The summed E-state index contributed by atoms with van der Waals surface area (Å²) in [7, 11) is -4.37. The van der Waals surface area contributed by atoms with Gasteiger partial charge < -0.3 is 5.32 Å². The van der Waals surface area contributed by atoms with Crippen LogP contribution >= 0.6 is 0 Å². The van der Waals surface area contributed by atoms with Crippen LogP contribution in [0.15, 0.2) is 78.0 Å². The number of nitrogens with zero attached hydrogens (tertiary/aromatic N) is 1. The molecule has 1 atom stereocenters. The molecule has 1 aliphatic carbocycles. The molecule has 0 saturated heterocycles. The third-order valence-corrected chi connectivity index (χ3v) is 9.84. The van der Waals surface area contributed by atoms with Crippen molar-refractivity contribution in [2.45, 2.75) is 53.6 Å². The summed E-state index contributed by atoms with van der Waals surface area (Å²) in [5.74, 6) is -1.72. The van der Waals surface area contributed by atoms with Gasteiger partial charge in [-0.3, -0.25) is 9.78 Å². The molecule has 0 aliphatic heterocycles. The summed E-state index contributed by atoms with van der Waals surface area (Å²) in [4.78, 5) is 16.5. The Bertz CT molecular complexity index is 1440. The van der Waals surface area contributed by atoms with Gasteiger partial charge in [-0.15, -0.1) is 0 Å². The van der Waals surface area contributed by atoms with E-state index in [1.54, 1.807) is 12.1 Å². The van der Waals surface area contributed by atoms with Gasteiger partial charge in [0, 0.05) is 17.7 Å². The smallest absolute Gasteiger partial charge is 0.324 e. The second-order valence-electron chi connectivity index (χ2n) is 9.54. The molecule has 2 aromatic carbocycles. The molecule has 1 saturated carbocycles. The van der Waals surface area contributed by atoms with Crippen LogP contribution in [0.5, 0.6) is 0 Å². The fourth-order valence-corrected chi connectivity index (χ4v) is 7.17. The summed E-state index contributed by atoms with van der Waals surface area (Å²) in [5, 5.41) is 2.69. The lowest BCUT2D eigenvalue weighted by Gasteiger charge is -2.40. The Kier molecular flexibility index (Phi) is 7.99. The minimum atomic E-state index is -5.93. The van der Waals surface area contributed by atoms with Gasteiger partial charge >= 0.3 is 6.18 Å². The normalized spacial score (nSPS) is 21.6. The molecule has 1 aromatic heterocycles. The van der Waals surface area contributed by atoms with Gasteiger partial charge in [0.15, 0.2) is 9.84 Å². The van der Waals surface area contributed by atoms with E-state index in [1.807, 2.05) is 0 Å². The Labute approximate surface area is 225 Å². The number of halogens is 7. The van der Waals surface area contributed by atoms with Crippen molar-refractivity contribution < 1.29 is 43.9 Å². The third-order valence-electron chi connectivity index (χ3n) is 7.28. The summed E-state index contributed by atoms with van der Waals surface area (Å²) in [5.41, 5.74) is -5.98. The lowest BCUT2D eigenvalue weighted by atomic mass is 9.77. The number of hydrogen-bond donors (Lipinski definition) is 1. The topological polar surface area (TPSA) is 76.1 Å². The van der Waals surface area contributed by atoms with Crippen LogP contribution in [0.25, 0.3) is 0 Å². The summed E-state index contributed by atoms with van der Waals surface area (Å²) < 4.78 is 120. The van der Waals surface area contributed by atoms with E-state index in [-0.39, 0.29) is 42.0 Å². The van der Waals surface area contributed by atoms with Gasteiger partial charge in [0.25, 0.3) is 12.1 Å². The van der Waals surface area contributed by atoms with Crippen molar-refractivity contribution in [3.05, 3.63) is 90.0 Å². The molecule has 1 amide bonds. The van der Waals surface area contributed by atoms with Crippen LogP contribution in [0.3, 0.4) is 0 Å². The van der Waals surface area contributed by atoms with E-state index >= 15 is 0 Å². The van der Waals surface area contributed by atoms with E-state index in [1.165, 1.54) is 12.4 Å². The first-order valence-corrected chi connectivity index (χ1v) is 13.6. The van der Waals surface area contributed by atoms with E-state index in [0.717, 1.165) is 36.4 Å². The number of carbonyl (C=O) groups is 1. The molecule has 4 rings (SSSR count). The molecule has 5 nitrogen and oxygen atoms in total. The van der Waals surface area contributed by atoms with E-state index in [0.29, 0.717) is 17.8 Å². The predicted octanol–water partition coefficient (Wildman–Crippen LogP) is 6.71. The summed E-state index contributed by atoms with van der Waals surface area (Å²) in [6, 6.07) is 9.92. The van der Waals surface area contributed by atoms with Gasteiger partial charge in [-0.1, -0.05) is 24.3 Å². The number of carbonyl (C=O) groups excluding carboxylic acids is 1. The van der Waals surface area contributed by atoms with Crippen molar-refractivity contribution in [1.29, 1.82) is 0 Å². The second-order valence-corrected chi connectivity index (χ2v) is 11.8. The van der Waals surface area contributed by atoms with Crippen LogP contribution in [0.4, 0.5) is 36.4 Å². The van der Waals surface area contributed by atoms with Gasteiger partial charge in [0.1, 0.15) is 10.6 Å². The van der Waals surface area contributed by atoms with Gasteiger partial charge in [-0.05, 0) is 67.6 Å². The van der Waals surface area contributed by atoms with Gasteiger partial charge in [0.2, 0.25) is 5.91 Å². The van der Waals surface area contributed by atoms with Crippen LogP contribution in [-0.4, -0.2) is 31.9 Å². The number of alkyl halides is 6. The minimum absolute atomic E-state index is 0.0426. The molecule has 214 valence electrons. The molecule has 13 heteroatoms. The highest BCUT2D eigenvalue weighted by molar-refractivity contribution is 7.92. The zero-order valence-electron chi connectivity index (χ0n) is 20.6. The number of sulfone groups is 1. The molecular weight excluding hydrogens is 565 g/mol. The zero-order valence-corrected chi connectivity index (χ0v) is 21.5. The number of aromatic nitrogens is 1. The molecule has 3 aromatic rings.